The van der Waals surface area contributed by atoms with Crippen molar-refractivity contribution in [2.24, 2.45) is 5.92 Å². The molecular weight excluding hydrogens is 388 g/mol. The van der Waals surface area contributed by atoms with Gasteiger partial charge in [-0.15, -0.1) is 0 Å². The zero-order valence-corrected chi connectivity index (χ0v) is 14.5. The van der Waals surface area contributed by atoms with E-state index in [9.17, 15) is 13.2 Å². The summed E-state index contributed by atoms with van der Waals surface area (Å²) in [6.45, 7) is 0. The highest BCUT2D eigenvalue weighted by Crippen LogP contribution is 2.42. The summed E-state index contributed by atoms with van der Waals surface area (Å²) in [5.74, 6) is -0.572. The Morgan fingerprint density at radius 2 is 1.64 bits per heavy atom. The van der Waals surface area contributed by atoms with E-state index in [1.165, 1.54) is 12.1 Å². The molecule has 0 aliphatic heterocycles. The number of carbonyl (C=O) groups excluding carboxylic acids is 1. The van der Waals surface area contributed by atoms with E-state index in [2.05, 4.69) is 15.9 Å². The summed E-state index contributed by atoms with van der Waals surface area (Å²) in [5.41, 5.74) is 0.544. The number of hydrogen-bond acceptors (Lipinski definition) is 3. The average molecular weight is 400 g/mol. The van der Waals surface area contributed by atoms with Crippen LogP contribution in [-0.4, -0.2) is 19.5 Å². The lowest BCUT2D eigenvalue weighted by molar-refractivity contribution is 0.0968. The zero-order valence-electron chi connectivity index (χ0n) is 11.4. The van der Waals surface area contributed by atoms with Gasteiger partial charge < -0.3 is 0 Å². The van der Waals surface area contributed by atoms with Crippen LogP contribution in [0.15, 0.2) is 57.9 Å². The highest BCUT2D eigenvalue weighted by Gasteiger charge is 2.52. The molecule has 6 heteroatoms. The molecule has 114 valence electrons. The highest BCUT2D eigenvalue weighted by molar-refractivity contribution is 9.10. The first kappa shape index (κ1) is 15.7. The van der Waals surface area contributed by atoms with Crippen molar-refractivity contribution in [2.75, 3.05) is 0 Å². The molecule has 2 atom stereocenters. The molecule has 0 N–H and O–H groups in total. The summed E-state index contributed by atoms with van der Waals surface area (Å²) in [4.78, 5) is 12.6. The Labute approximate surface area is 142 Å². The van der Waals surface area contributed by atoms with Crippen LogP contribution in [0.5, 0.6) is 0 Å². The number of ketones is 1. The molecule has 0 radical (unpaired) electrons. The molecule has 1 aliphatic rings. The number of hydrogen-bond donors (Lipinski definition) is 0. The lowest BCUT2D eigenvalue weighted by Gasteiger charge is -2.04. The molecule has 0 amide bonds. The Bertz CT molecular complexity index is 813. The molecule has 2 aromatic carbocycles. The Balaban J connectivity index is 1.80. The largest absolute Gasteiger partial charge is 0.294 e. The highest BCUT2D eigenvalue weighted by atomic mass is 79.9. The van der Waals surface area contributed by atoms with E-state index in [-0.39, 0.29) is 10.7 Å². The molecule has 0 spiro atoms. The maximum atomic E-state index is 12.5. The predicted molar refractivity (Wildman–Crippen MR) is 89.0 cm³/mol. The average Bonchev–Trinajstić information content (AvgIpc) is 3.29. The maximum Gasteiger partial charge on any atom is 0.181 e. The third-order valence-electron chi connectivity index (χ3n) is 3.74. The minimum absolute atomic E-state index is 0.116. The molecule has 1 fully saturated rings. The number of sulfone groups is 1. The molecule has 0 heterocycles. The van der Waals surface area contributed by atoms with E-state index in [4.69, 9.17) is 11.6 Å². The number of benzene rings is 2. The smallest absolute Gasteiger partial charge is 0.181 e. The lowest BCUT2D eigenvalue weighted by atomic mass is 10.1. The van der Waals surface area contributed by atoms with Gasteiger partial charge in [-0.2, -0.15) is 0 Å². The molecule has 22 heavy (non-hydrogen) atoms. The summed E-state index contributed by atoms with van der Waals surface area (Å²) >= 11 is 9.09. The van der Waals surface area contributed by atoms with E-state index in [1.807, 2.05) is 0 Å². The summed E-state index contributed by atoms with van der Waals surface area (Å²) < 4.78 is 25.9. The minimum atomic E-state index is -3.48. The molecular formula is C16H12BrClO3S. The first-order valence-corrected chi connectivity index (χ1v) is 9.40. The van der Waals surface area contributed by atoms with Crippen molar-refractivity contribution in [2.45, 2.75) is 16.6 Å². The SMILES string of the molecule is O=C(c1ccc(Br)cc1)[C@@H]1C[C@H]1S(=O)(=O)c1ccc(Cl)cc1. The summed E-state index contributed by atoms with van der Waals surface area (Å²) in [7, 11) is -3.48. The summed E-state index contributed by atoms with van der Waals surface area (Å²) in [5, 5.41) is -0.151. The Kier molecular flexibility index (Phi) is 4.14. The Morgan fingerprint density at radius 1 is 1.05 bits per heavy atom. The fourth-order valence-corrected chi connectivity index (χ4v) is 4.69. The molecule has 0 bridgehead atoms. The topological polar surface area (TPSA) is 51.2 Å². The fraction of sp³-hybridized carbons (Fsp3) is 0.188. The van der Waals surface area contributed by atoms with Gasteiger partial charge in [-0.05, 0) is 42.8 Å². The van der Waals surface area contributed by atoms with Gasteiger partial charge >= 0.3 is 0 Å². The molecule has 0 saturated heterocycles. The van der Waals surface area contributed by atoms with Crippen molar-refractivity contribution in [1.29, 1.82) is 0 Å². The van der Waals surface area contributed by atoms with Crippen LogP contribution in [-0.2, 0) is 9.84 Å². The fourth-order valence-electron chi connectivity index (χ4n) is 2.42. The molecule has 3 nitrogen and oxygen atoms in total. The van der Waals surface area contributed by atoms with Crippen molar-refractivity contribution in [1.82, 2.24) is 0 Å². The predicted octanol–water partition coefficient (Wildman–Crippen LogP) is 4.15. The van der Waals surface area contributed by atoms with Crippen molar-refractivity contribution in [3.63, 3.8) is 0 Å². The molecule has 0 unspecified atom stereocenters. The van der Waals surface area contributed by atoms with Crippen LogP contribution in [0.25, 0.3) is 0 Å². The van der Waals surface area contributed by atoms with E-state index < -0.39 is 21.0 Å². The van der Waals surface area contributed by atoms with Crippen molar-refractivity contribution >= 4 is 43.2 Å². The van der Waals surface area contributed by atoms with Crippen molar-refractivity contribution in [3.8, 4) is 0 Å². The van der Waals surface area contributed by atoms with Gasteiger partial charge in [0, 0.05) is 21.0 Å². The quantitative estimate of drug-likeness (QED) is 0.726. The second kappa shape index (κ2) is 5.80. The molecule has 0 aromatic heterocycles. The van der Waals surface area contributed by atoms with Gasteiger partial charge in [0.2, 0.25) is 0 Å². The third-order valence-corrected chi connectivity index (χ3v) is 6.77. The molecule has 2 aromatic rings. The summed E-state index contributed by atoms with van der Waals surface area (Å²) in [6, 6.07) is 13.0. The van der Waals surface area contributed by atoms with Gasteiger partial charge in [-0.3, -0.25) is 4.79 Å². The van der Waals surface area contributed by atoms with E-state index in [0.717, 1.165) is 4.47 Å². The third kappa shape index (κ3) is 2.98. The lowest BCUT2D eigenvalue weighted by Crippen LogP contribution is -2.14. The van der Waals surface area contributed by atoms with Gasteiger partial charge in [0.15, 0.2) is 15.6 Å². The normalized spacial score (nSPS) is 20.6. The monoisotopic (exact) mass is 398 g/mol. The van der Waals surface area contributed by atoms with Crippen LogP contribution in [0, 0.1) is 5.92 Å². The molecule has 3 rings (SSSR count). The first-order valence-electron chi connectivity index (χ1n) is 6.69. The van der Waals surface area contributed by atoms with Crippen LogP contribution < -0.4 is 0 Å². The van der Waals surface area contributed by atoms with Crippen molar-refractivity contribution in [3.05, 3.63) is 63.6 Å². The summed E-state index contributed by atoms with van der Waals surface area (Å²) in [6.07, 6.45) is 0.375. The van der Waals surface area contributed by atoms with Gasteiger partial charge in [0.25, 0.3) is 0 Å². The van der Waals surface area contributed by atoms with Gasteiger partial charge in [-0.1, -0.05) is 39.7 Å². The number of halogens is 2. The van der Waals surface area contributed by atoms with Crippen LogP contribution in [0.3, 0.4) is 0 Å². The van der Waals surface area contributed by atoms with Gasteiger partial charge in [0.1, 0.15) is 0 Å². The van der Waals surface area contributed by atoms with Crippen LogP contribution in [0.4, 0.5) is 0 Å². The Morgan fingerprint density at radius 3 is 2.23 bits per heavy atom. The standard InChI is InChI=1S/C16H12BrClO3S/c17-11-3-1-10(2-4-11)16(19)14-9-15(14)22(20,21)13-7-5-12(18)6-8-13/h1-8,14-15H,9H2/t14-,15-/m1/s1. The first-order chi connectivity index (χ1) is 10.4. The van der Waals surface area contributed by atoms with Crippen molar-refractivity contribution < 1.29 is 13.2 Å². The number of rotatable bonds is 4. The number of carbonyl (C=O) groups is 1. The van der Waals surface area contributed by atoms with E-state index in [1.54, 1.807) is 36.4 Å². The van der Waals surface area contributed by atoms with Crippen LogP contribution in [0.2, 0.25) is 5.02 Å². The van der Waals surface area contributed by atoms with Crippen LogP contribution >= 0.6 is 27.5 Å². The minimum Gasteiger partial charge on any atom is -0.294 e. The molecule has 1 saturated carbocycles. The maximum absolute atomic E-state index is 12.5. The Hall–Kier alpha value is -1.17. The zero-order chi connectivity index (χ0) is 15.9. The molecule has 1 aliphatic carbocycles. The second-order valence-corrected chi connectivity index (χ2v) is 8.77. The van der Waals surface area contributed by atoms with Gasteiger partial charge in [-0.25, -0.2) is 8.42 Å². The van der Waals surface area contributed by atoms with E-state index in [0.29, 0.717) is 17.0 Å². The number of Topliss-reactive ketones (excluding diaryl/α,β-unsaturated/α-hetero) is 1. The second-order valence-electron chi connectivity index (χ2n) is 5.25. The van der Waals surface area contributed by atoms with Gasteiger partial charge in [0.05, 0.1) is 10.1 Å². The van der Waals surface area contributed by atoms with E-state index >= 15 is 0 Å². The van der Waals surface area contributed by atoms with Crippen LogP contribution in [0.1, 0.15) is 16.8 Å².